The third kappa shape index (κ3) is 3.38. The van der Waals surface area contributed by atoms with Gasteiger partial charge in [0.2, 0.25) is 5.75 Å². The molecular formula is C16H13ClO8. The van der Waals surface area contributed by atoms with Gasteiger partial charge in [0.1, 0.15) is 16.9 Å². The number of methoxy groups -OCH3 is 2. The molecule has 25 heavy (non-hydrogen) atoms. The lowest BCUT2D eigenvalue weighted by atomic mass is 10.1. The van der Waals surface area contributed by atoms with Crippen LogP contribution in [0.25, 0.3) is 0 Å². The van der Waals surface area contributed by atoms with Gasteiger partial charge in [-0.3, -0.25) is 0 Å². The van der Waals surface area contributed by atoms with Crippen molar-refractivity contribution >= 4 is 23.5 Å². The Balaban J connectivity index is 2.71. The monoisotopic (exact) mass is 368 g/mol. The highest BCUT2D eigenvalue weighted by atomic mass is 35.5. The number of carbonyl (C=O) groups is 2. The van der Waals surface area contributed by atoms with E-state index in [1.807, 2.05) is 0 Å². The summed E-state index contributed by atoms with van der Waals surface area (Å²) >= 11 is 5.97. The predicted molar refractivity (Wildman–Crippen MR) is 86.7 cm³/mol. The number of para-hydroxylation sites is 1. The summed E-state index contributed by atoms with van der Waals surface area (Å²) < 4.78 is 15.4. The topological polar surface area (TPSA) is 123 Å². The fourth-order valence-corrected chi connectivity index (χ4v) is 2.34. The number of benzene rings is 2. The molecule has 132 valence electrons. The standard InChI is InChI=1S/C16H13ClO8/c1-23-10-6-9(11(16(21)22)12(18)14(10)24-2)25-13-7(15(19)20)4-3-5-8(13)17/h3-6,18H,1-2H3,(H,19,20)(H,21,22). The first-order valence-corrected chi connectivity index (χ1v) is 7.10. The van der Waals surface area contributed by atoms with Gasteiger partial charge in [-0.15, -0.1) is 0 Å². The van der Waals surface area contributed by atoms with E-state index in [4.69, 9.17) is 25.8 Å². The maximum atomic E-state index is 11.5. The van der Waals surface area contributed by atoms with E-state index in [1.165, 1.54) is 32.4 Å². The fraction of sp³-hybridized carbons (Fsp3) is 0.125. The van der Waals surface area contributed by atoms with E-state index in [2.05, 4.69) is 0 Å². The second-order valence-corrected chi connectivity index (χ2v) is 5.07. The lowest BCUT2D eigenvalue weighted by Gasteiger charge is -2.17. The molecule has 9 heteroatoms. The Morgan fingerprint density at radius 1 is 1.00 bits per heavy atom. The van der Waals surface area contributed by atoms with Gasteiger partial charge in [0, 0.05) is 6.07 Å². The van der Waals surface area contributed by atoms with Crippen LogP contribution in [0.3, 0.4) is 0 Å². The lowest BCUT2D eigenvalue weighted by Crippen LogP contribution is -2.06. The molecule has 0 radical (unpaired) electrons. The van der Waals surface area contributed by atoms with Crippen LogP contribution >= 0.6 is 11.6 Å². The van der Waals surface area contributed by atoms with Gasteiger partial charge in [0.15, 0.2) is 17.2 Å². The minimum Gasteiger partial charge on any atom is -0.503 e. The highest BCUT2D eigenvalue weighted by Crippen LogP contribution is 2.46. The molecular weight excluding hydrogens is 356 g/mol. The summed E-state index contributed by atoms with van der Waals surface area (Å²) in [4.78, 5) is 22.8. The maximum absolute atomic E-state index is 11.5. The van der Waals surface area contributed by atoms with E-state index in [0.29, 0.717) is 0 Å². The Morgan fingerprint density at radius 2 is 1.68 bits per heavy atom. The second-order valence-electron chi connectivity index (χ2n) is 4.66. The van der Waals surface area contributed by atoms with Crippen LogP contribution in [0.4, 0.5) is 0 Å². The minimum atomic E-state index is -1.52. The maximum Gasteiger partial charge on any atom is 0.343 e. The molecule has 0 saturated heterocycles. The molecule has 0 aromatic heterocycles. The SMILES string of the molecule is COc1cc(Oc2c(Cl)cccc2C(=O)O)c(C(=O)O)c(O)c1OC. The molecule has 0 aliphatic heterocycles. The van der Waals surface area contributed by atoms with Crippen molar-refractivity contribution in [3.63, 3.8) is 0 Å². The summed E-state index contributed by atoms with van der Waals surface area (Å²) in [5.74, 6) is -4.41. The largest absolute Gasteiger partial charge is 0.503 e. The zero-order valence-electron chi connectivity index (χ0n) is 13.1. The van der Waals surface area contributed by atoms with Crippen LogP contribution in [0, 0.1) is 0 Å². The van der Waals surface area contributed by atoms with Gasteiger partial charge in [-0.1, -0.05) is 17.7 Å². The molecule has 0 bridgehead atoms. The minimum absolute atomic E-state index is 0.0103. The fourth-order valence-electron chi connectivity index (χ4n) is 2.13. The summed E-state index contributed by atoms with van der Waals surface area (Å²) in [6.07, 6.45) is 0. The number of phenols is 1. The Morgan fingerprint density at radius 3 is 2.20 bits per heavy atom. The van der Waals surface area contributed by atoms with E-state index < -0.39 is 23.3 Å². The molecule has 2 rings (SSSR count). The summed E-state index contributed by atoms with van der Waals surface area (Å²) in [7, 11) is 2.50. The van der Waals surface area contributed by atoms with Crippen molar-refractivity contribution in [1.29, 1.82) is 0 Å². The number of hydrogen-bond acceptors (Lipinski definition) is 6. The average molecular weight is 369 g/mol. The van der Waals surface area contributed by atoms with E-state index in [-0.39, 0.29) is 33.6 Å². The first-order chi connectivity index (χ1) is 11.8. The molecule has 0 aliphatic rings. The van der Waals surface area contributed by atoms with Crippen LogP contribution in [-0.2, 0) is 0 Å². The molecule has 2 aromatic carbocycles. The number of carboxylic acid groups (broad SMARTS) is 2. The number of ether oxygens (including phenoxy) is 3. The highest BCUT2D eigenvalue weighted by molar-refractivity contribution is 6.32. The first-order valence-electron chi connectivity index (χ1n) is 6.72. The summed E-state index contributed by atoms with van der Waals surface area (Å²) in [6.45, 7) is 0. The van der Waals surface area contributed by atoms with Gasteiger partial charge in [-0.2, -0.15) is 0 Å². The predicted octanol–water partition coefficient (Wildman–Crippen LogP) is 3.25. The summed E-state index contributed by atoms with van der Waals surface area (Å²) in [6, 6.07) is 5.18. The molecule has 0 atom stereocenters. The van der Waals surface area contributed by atoms with Crippen molar-refractivity contribution in [3.8, 4) is 28.7 Å². The normalized spacial score (nSPS) is 10.2. The number of aromatic carboxylic acids is 2. The zero-order chi connectivity index (χ0) is 18.7. The van der Waals surface area contributed by atoms with Crippen LogP contribution < -0.4 is 14.2 Å². The van der Waals surface area contributed by atoms with Crippen molar-refractivity contribution in [2.24, 2.45) is 0 Å². The van der Waals surface area contributed by atoms with Crippen LogP contribution in [-0.4, -0.2) is 41.5 Å². The van der Waals surface area contributed by atoms with Gasteiger partial charge in [-0.25, -0.2) is 9.59 Å². The highest BCUT2D eigenvalue weighted by Gasteiger charge is 2.27. The van der Waals surface area contributed by atoms with Crippen molar-refractivity contribution in [3.05, 3.63) is 40.4 Å². The Bertz CT molecular complexity index is 847. The molecule has 0 spiro atoms. The van der Waals surface area contributed by atoms with Gasteiger partial charge >= 0.3 is 11.9 Å². The molecule has 0 heterocycles. The van der Waals surface area contributed by atoms with Crippen LogP contribution in [0.5, 0.6) is 28.7 Å². The van der Waals surface area contributed by atoms with Crippen molar-refractivity contribution in [2.45, 2.75) is 0 Å². The smallest absolute Gasteiger partial charge is 0.343 e. The van der Waals surface area contributed by atoms with E-state index in [9.17, 15) is 24.9 Å². The van der Waals surface area contributed by atoms with E-state index >= 15 is 0 Å². The molecule has 0 saturated carbocycles. The number of halogens is 1. The molecule has 0 unspecified atom stereocenters. The average Bonchev–Trinajstić information content (AvgIpc) is 2.55. The molecule has 2 aromatic rings. The van der Waals surface area contributed by atoms with Crippen LogP contribution in [0.2, 0.25) is 5.02 Å². The molecule has 0 fully saturated rings. The molecule has 8 nitrogen and oxygen atoms in total. The quantitative estimate of drug-likeness (QED) is 0.710. The number of aromatic hydroxyl groups is 1. The summed E-state index contributed by atoms with van der Waals surface area (Å²) in [5, 5.41) is 28.7. The van der Waals surface area contributed by atoms with Gasteiger partial charge in [0.05, 0.1) is 19.2 Å². The van der Waals surface area contributed by atoms with Crippen molar-refractivity contribution < 1.29 is 39.1 Å². The summed E-state index contributed by atoms with van der Waals surface area (Å²) in [5.41, 5.74) is -0.910. The molecule has 3 N–H and O–H groups in total. The number of rotatable bonds is 6. The zero-order valence-corrected chi connectivity index (χ0v) is 13.8. The van der Waals surface area contributed by atoms with Gasteiger partial charge in [-0.05, 0) is 12.1 Å². The van der Waals surface area contributed by atoms with Gasteiger partial charge < -0.3 is 29.5 Å². The molecule has 0 aliphatic carbocycles. The first kappa shape index (κ1) is 18.2. The number of hydrogen-bond donors (Lipinski definition) is 3. The lowest BCUT2D eigenvalue weighted by molar-refractivity contribution is 0.0685. The Hall–Kier alpha value is -3.13. The van der Waals surface area contributed by atoms with Crippen molar-refractivity contribution in [2.75, 3.05) is 14.2 Å². The third-order valence-electron chi connectivity index (χ3n) is 3.23. The number of carboxylic acids is 2. The molecule has 0 amide bonds. The second kappa shape index (κ2) is 7.18. The van der Waals surface area contributed by atoms with E-state index in [1.54, 1.807) is 0 Å². The van der Waals surface area contributed by atoms with E-state index in [0.717, 1.165) is 6.07 Å². The van der Waals surface area contributed by atoms with Crippen LogP contribution in [0.1, 0.15) is 20.7 Å². The van der Waals surface area contributed by atoms with Crippen LogP contribution in [0.15, 0.2) is 24.3 Å². The third-order valence-corrected chi connectivity index (χ3v) is 3.53. The van der Waals surface area contributed by atoms with Gasteiger partial charge in [0.25, 0.3) is 0 Å². The Kier molecular flexibility index (Phi) is 5.23. The van der Waals surface area contributed by atoms with Crippen molar-refractivity contribution in [1.82, 2.24) is 0 Å². The Labute approximate surface area is 146 Å².